The normalized spacial score (nSPS) is 19.3. The molecule has 3 nitrogen and oxygen atoms in total. The number of likely N-dealkylation sites (tertiary alicyclic amines) is 1. The summed E-state index contributed by atoms with van der Waals surface area (Å²) in [6, 6.07) is 0.0408. The van der Waals surface area contributed by atoms with Crippen LogP contribution in [0.2, 0.25) is 0 Å². The van der Waals surface area contributed by atoms with Crippen molar-refractivity contribution in [1.82, 2.24) is 9.88 Å². The molecule has 1 aliphatic heterocycles. The van der Waals surface area contributed by atoms with Crippen LogP contribution in [-0.2, 0) is 0 Å². The minimum atomic E-state index is 0.0408. The van der Waals surface area contributed by atoms with E-state index in [-0.39, 0.29) is 11.8 Å². The number of likely N-dealkylation sites (N-methyl/N-ethyl adjacent to an activating group) is 1. The Kier molecular flexibility index (Phi) is 3.64. The van der Waals surface area contributed by atoms with Gasteiger partial charge in [-0.1, -0.05) is 0 Å². The van der Waals surface area contributed by atoms with Crippen LogP contribution < -0.4 is 0 Å². The number of hydrogen-bond acceptors (Lipinski definition) is 2. The number of carbonyl (C=O) groups is 1. The first kappa shape index (κ1) is 15.3. The maximum absolute atomic E-state index is 13.2. The molecule has 3 rings (SSSR count). The molecule has 1 aromatic carbocycles. The van der Waals surface area contributed by atoms with Gasteiger partial charge in [0.15, 0.2) is 5.78 Å². The minimum Gasteiger partial charge on any atom is -0.358 e. The molecule has 0 spiro atoms. The quantitative estimate of drug-likeness (QED) is 0.851. The van der Waals surface area contributed by atoms with Crippen molar-refractivity contribution in [3.05, 3.63) is 33.5 Å². The van der Waals surface area contributed by atoms with Crippen LogP contribution >= 0.6 is 0 Å². The number of nitrogens with one attached hydrogen (secondary N) is 1. The Morgan fingerprint density at radius 2 is 1.68 bits per heavy atom. The van der Waals surface area contributed by atoms with Crippen molar-refractivity contribution in [2.45, 2.75) is 53.5 Å². The van der Waals surface area contributed by atoms with Crippen LogP contribution in [0, 0.1) is 34.6 Å². The van der Waals surface area contributed by atoms with Crippen molar-refractivity contribution < 1.29 is 4.79 Å². The molecule has 0 saturated carbocycles. The van der Waals surface area contributed by atoms with E-state index in [1.807, 2.05) is 6.92 Å². The molecule has 118 valence electrons. The number of Topliss-reactive ketones (excluding diaryl/α,β-unsaturated/α-hetero) is 1. The molecule has 1 aromatic heterocycles. The average Bonchev–Trinajstić information content (AvgIpc) is 3.05. The molecule has 1 aliphatic rings. The highest BCUT2D eigenvalue weighted by atomic mass is 16.1. The average molecular weight is 298 g/mol. The summed E-state index contributed by atoms with van der Waals surface area (Å²) in [4.78, 5) is 18.8. The third kappa shape index (κ3) is 2.03. The smallest absolute Gasteiger partial charge is 0.182 e. The largest absolute Gasteiger partial charge is 0.358 e. The van der Waals surface area contributed by atoms with Crippen LogP contribution in [-0.4, -0.2) is 35.3 Å². The molecule has 0 aliphatic carbocycles. The van der Waals surface area contributed by atoms with Crippen molar-refractivity contribution in [1.29, 1.82) is 0 Å². The van der Waals surface area contributed by atoms with Gasteiger partial charge in [-0.05, 0) is 83.3 Å². The predicted molar refractivity (Wildman–Crippen MR) is 92.0 cm³/mol. The van der Waals surface area contributed by atoms with Crippen molar-refractivity contribution in [3.8, 4) is 0 Å². The number of fused-ring (bicyclic) bond motifs is 1. The van der Waals surface area contributed by atoms with Gasteiger partial charge in [0, 0.05) is 22.2 Å². The van der Waals surface area contributed by atoms with Crippen LogP contribution in [0.15, 0.2) is 0 Å². The van der Waals surface area contributed by atoms with Crippen LogP contribution in [0.4, 0.5) is 0 Å². The lowest BCUT2D eigenvalue weighted by molar-refractivity contribution is 0.0891. The van der Waals surface area contributed by atoms with E-state index in [1.165, 1.54) is 22.3 Å². The minimum absolute atomic E-state index is 0.0408. The first-order chi connectivity index (χ1) is 10.3. The second-order valence-electron chi connectivity index (χ2n) is 6.88. The van der Waals surface area contributed by atoms with Crippen LogP contribution in [0.25, 0.3) is 10.9 Å². The van der Waals surface area contributed by atoms with E-state index in [4.69, 9.17) is 0 Å². The molecule has 0 amide bonds. The standard InChI is InChI=1S/C19H26N2O/c1-10-11(2)13(4)18-16(12(10)3)17(14(5)20-18)19(22)15-8-7-9-21(15)6/h15,20H,7-9H2,1-6H3. The second-order valence-corrected chi connectivity index (χ2v) is 6.88. The van der Waals surface area contributed by atoms with Crippen molar-refractivity contribution in [2.75, 3.05) is 13.6 Å². The van der Waals surface area contributed by atoms with Gasteiger partial charge in [-0.15, -0.1) is 0 Å². The molecular formula is C19H26N2O. The topological polar surface area (TPSA) is 36.1 Å². The van der Waals surface area contributed by atoms with Gasteiger partial charge in [0.05, 0.1) is 6.04 Å². The van der Waals surface area contributed by atoms with Crippen LogP contribution in [0.1, 0.15) is 51.1 Å². The summed E-state index contributed by atoms with van der Waals surface area (Å²) in [5, 5.41) is 1.14. The molecule has 22 heavy (non-hydrogen) atoms. The lowest BCUT2D eigenvalue weighted by atomic mass is 9.91. The predicted octanol–water partition coefficient (Wildman–Crippen LogP) is 3.99. The van der Waals surface area contributed by atoms with Crippen LogP contribution in [0.3, 0.4) is 0 Å². The number of aromatic nitrogens is 1. The van der Waals surface area contributed by atoms with Gasteiger partial charge in [0.1, 0.15) is 0 Å². The van der Waals surface area contributed by atoms with Gasteiger partial charge in [-0.2, -0.15) is 0 Å². The zero-order chi connectivity index (χ0) is 16.2. The fourth-order valence-electron chi connectivity index (χ4n) is 3.93. The molecule has 1 atom stereocenters. The molecule has 1 fully saturated rings. The molecule has 0 radical (unpaired) electrons. The Bertz CT molecular complexity index is 770. The SMILES string of the molecule is Cc1[nH]c2c(C)c(C)c(C)c(C)c2c1C(=O)C1CCCN1C. The Morgan fingerprint density at radius 1 is 1.05 bits per heavy atom. The molecule has 1 N–H and O–H groups in total. The highest BCUT2D eigenvalue weighted by Crippen LogP contribution is 2.34. The highest BCUT2D eigenvalue weighted by molar-refractivity contribution is 6.13. The Morgan fingerprint density at radius 3 is 2.27 bits per heavy atom. The first-order valence-electron chi connectivity index (χ1n) is 8.17. The Hall–Kier alpha value is -1.61. The Balaban J connectivity index is 2.26. The van der Waals surface area contributed by atoms with E-state index >= 15 is 0 Å². The van der Waals surface area contributed by atoms with Gasteiger partial charge in [-0.25, -0.2) is 0 Å². The van der Waals surface area contributed by atoms with Gasteiger partial charge in [0.25, 0.3) is 0 Å². The lowest BCUT2D eigenvalue weighted by Crippen LogP contribution is -2.33. The summed E-state index contributed by atoms with van der Waals surface area (Å²) in [6.45, 7) is 11.7. The summed E-state index contributed by atoms with van der Waals surface area (Å²) < 4.78 is 0. The number of aryl methyl sites for hydroxylation is 3. The zero-order valence-electron chi connectivity index (χ0n) is 14.6. The van der Waals surface area contributed by atoms with E-state index in [9.17, 15) is 4.79 Å². The molecule has 1 saturated heterocycles. The van der Waals surface area contributed by atoms with E-state index in [0.717, 1.165) is 41.5 Å². The lowest BCUT2D eigenvalue weighted by Gasteiger charge is -2.19. The monoisotopic (exact) mass is 298 g/mol. The van der Waals surface area contributed by atoms with E-state index < -0.39 is 0 Å². The maximum atomic E-state index is 13.2. The Labute approximate surface area is 132 Å². The number of carbonyl (C=O) groups excluding carboxylic acids is 1. The molecule has 2 aromatic rings. The van der Waals surface area contributed by atoms with Crippen molar-refractivity contribution >= 4 is 16.7 Å². The summed E-state index contributed by atoms with van der Waals surface area (Å²) in [6.07, 6.45) is 2.09. The molecule has 0 bridgehead atoms. The van der Waals surface area contributed by atoms with Gasteiger partial charge in [-0.3, -0.25) is 9.69 Å². The summed E-state index contributed by atoms with van der Waals surface area (Å²) in [7, 11) is 2.06. The first-order valence-corrected chi connectivity index (χ1v) is 8.17. The van der Waals surface area contributed by atoms with Crippen LogP contribution in [0.5, 0.6) is 0 Å². The number of H-pyrrole nitrogens is 1. The highest BCUT2D eigenvalue weighted by Gasteiger charge is 2.32. The molecule has 1 unspecified atom stereocenters. The third-order valence-electron chi connectivity index (χ3n) is 5.69. The van der Waals surface area contributed by atoms with Gasteiger partial charge < -0.3 is 4.98 Å². The van der Waals surface area contributed by atoms with Gasteiger partial charge in [0.2, 0.25) is 0 Å². The summed E-state index contributed by atoms with van der Waals surface area (Å²) in [5.41, 5.74) is 8.20. The number of rotatable bonds is 2. The number of nitrogens with zero attached hydrogens (tertiary/aromatic N) is 1. The van der Waals surface area contributed by atoms with E-state index in [1.54, 1.807) is 0 Å². The summed E-state index contributed by atoms with van der Waals surface area (Å²) in [5.74, 6) is 0.287. The maximum Gasteiger partial charge on any atom is 0.182 e. The van der Waals surface area contributed by atoms with E-state index in [2.05, 4.69) is 44.6 Å². The number of aromatic amines is 1. The van der Waals surface area contributed by atoms with Crippen molar-refractivity contribution in [3.63, 3.8) is 0 Å². The molecule has 3 heteroatoms. The van der Waals surface area contributed by atoms with Gasteiger partial charge >= 0.3 is 0 Å². The fraction of sp³-hybridized carbons (Fsp3) is 0.526. The second kappa shape index (κ2) is 5.24. The number of benzene rings is 1. The number of ketones is 1. The summed E-state index contributed by atoms with van der Waals surface area (Å²) >= 11 is 0. The third-order valence-corrected chi connectivity index (χ3v) is 5.69. The van der Waals surface area contributed by atoms with Crippen molar-refractivity contribution in [2.24, 2.45) is 0 Å². The van der Waals surface area contributed by atoms with E-state index in [0.29, 0.717) is 0 Å². The fourth-order valence-corrected chi connectivity index (χ4v) is 3.93. The number of hydrogen-bond donors (Lipinski definition) is 1. The zero-order valence-corrected chi connectivity index (χ0v) is 14.6. The molecular weight excluding hydrogens is 272 g/mol. The molecule has 2 heterocycles.